The van der Waals surface area contributed by atoms with Crippen molar-refractivity contribution >= 4 is 46.1 Å². The summed E-state index contributed by atoms with van der Waals surface area (Å²) in [5.41, 5.74) is 8.35. The largest absolute Gasteiger partial charge is 0.508 e. The van der Waals surface area contributed by atoms with Crippen molar-refractivity contribution < 1.29 is 24.2 Å². The van der Waals surface area contributed by atoms with Crippen molar-refractivity contribution in [2.75, 3.05) is 17.8 Å². The van der Waals surface area contributed by atoms with Gasteiger partial charge in [0.15, 0.2) is 6.73 Å². The van der Waals surface area contributed by atoms with Gasteiger partial charge in [-0.15, -0.1) is 11.8 Å². The Hall–Kier alpha value is -4.74. The molecule has 2 unspecified atom stereocenters. The van der Waals surface area contributed by atoms with Gasteiger partial charge < -0.3 is 15.2 Å². The molecule has 1 saturated heterocycles. The number of carbonyl (C=O) groups excluding carboxylic acids is 3. The number of hydrogen-bond donors (Lipinski definition) is 4. The number of nitrogens with zero attached hydrogens (tertiary/aromatic N) is 2. The number of rotatable bonds is 3. The molecule has 4 aromatic carbocycles. The van der Waals surface area contributed by atoms with Crippen molar-refractivity contribution in [1.29, 1.82) is 0 Å². The summed E-state index contributed by atoms with van der Waals surface area (Å²) >= 11 is 1.16. The summed E-state index contributed by atoms with van der Waals surface area (Å²) in [6.45, 7) is 0.0153. The molecule has 11 heteroatoms. The van der Waals surface area contributed by atoms with Gasteiger partial charge in [0.1, 0.15) is 11.5 Å². The van der Waals surface area contributed by atoms with Gasteiger partial charge in [0.25, 0.3) is 11.8 Å². The Balaban J connectivity index is 1.23. The highest BCUT2D eigenvalue weighted by Crippen LogP contribution is 2.51. The lowest BCUT2D eigenvalue weighted by Crippen LogP contribution is -2.60. The molecule has 7 rings (SSSR count). The summed E-state index contributed by atoms with van der Waals surface area (Å²) in [4.78, 5) is 38.2. The van der Waals surface area contributed by atoms with E-state index in [1.807, 2.05) is 36.4 Å². The number of benzene rings is 4. The number of hydrazine groups is 2. The van der Waals surface area contributed by atoms with Crippen LogP contribution in [0.4, 0.5) is 10.5 Å². The number of para-hydroxylation sites is 1. The molecule has 3 aliphatic rings. The summed E-state index contributed by atoms with van der Waals surface area (Å²) in [6.07, 6.45) is 0. The van der Waals surface area contributed by atoms with Crippen LogP contribution >= 0.6 is 11.8 Å². The molecule has 0 aliphatic carbocycles. The lowest BCUT2D eigenvalue weighted by atomic mass is 9.91. The van der Waals surface area contributed by atoms with Crippen LogP contribution in [0.1, 0.15) is 22.7 Å². The van der Waals surface area contributed by atoms with Crippen LogP contribution < -0.4 is 20.9 Å². The van der Waals surface area contributed by atoms with Gasteiger partial charge in [0, 0.05) is 16.8 Å². The second-order valence-electron chi connectivity index (χ2n) is 9.65. The summed E-state index contributed by atoms with van der Waals surface area (Å²) in [6, 6.07) is 24.5. The first-order chi connectivity index (χ1) is 19.5. The summed E-state index contributed by atoms with van der Waals surface area (Å²) in [7, 11) is 0. The zero-order valence-corrected chi connectivity index (χ0v) is 21.8. The van der Waals surface area contributed by atoms with E-state index >= 15 is 0 Å². The molecule has 40 heavy (non-hydrogen) atoms. The minimum Gasteiger partial charge on any atom is -0.508 e. The first-order valence-electron chi connectivity index (χ1n) is 12.6. The molecule has 4 amide bonds. The van der Waals surface area contributed by atoms with Crippen molar-refractivity contribution in [3.05, 3.63) is 102 Å². The fourth-order valence-corrected chi connectivity index (χ4v) is 6.86. The van der Waals surface area contributed by atoms with Crippen LogP contribution in [0.2, 0.25) is 0 Å². The number of nitrogens with one attached hydrogen (secondary N) is 3. The predicted molar refractivity (Wildman–Crippen MR) is 149 cm³/mol. The lowest BCUT2D eigenvalue weighted by Gasteiger charge is -2.38. The van der Waals surface area contributed by atoms with Gasteiger partial charge >= 0.3 is 6.03 Å². The maximum Gasteiger partial charge on any atom is 0.348 e. The average Bonchev–Trinajstić information content (AvgIpc) is 3.45. The second-order valence-corrected chi connectivity index (χ2v) is 10.8. The topological polar surface area (TPSA) is 123 Å². The molecule has 0 aromatic heterocycles. The number of fused-ring (bicyclic) bond motifs is 5. The molecule has 4 aromatic rings. The third kappa shape index (κ3) is 3.66. The average molecular weight is 554 g/mol. The summed E-state index contributed by atoms with van der Waals surface area (Å²) in [5.74, 6) is 0.0442. The Morgan fingerprint density at radius 1 is 0.975 bits per heavy atom. The fourth-order valence-electron chi connectivity index (χ4n) is 5.60. The number of anilines is 1. The minimum absolute atomic E-state index is 0.0153. The highest BCUT2D eigenvalue weighted by molar-refractivity contribution is 8.02. The summed E-state index contributed by atoms with van der Waals surface area (Å²) in [5, 5.41) is 17.4. The Kier molecular flexibility index (Phi) is 5.58. The molecule has 200 valence electrons. The highest BCUT2D eigenvalue weighted by Gasteiger charge is 2.59. The maximum atomic E-state index is 13.5. The molecule has 4 N–H and O–H groups in total. The molecule has 0 saturated carbocycles. The van der Waals surface area contributed by atoms with E-state index in [9.17, 15) is 19.5 Å². The molecule has 0 bridgehead atoms. The maximum absolute atomic E-state index is 13.5. The summed E-state index contributed by atoms with van der Waals surface area (Å²) < 4.78 is 6.05. The first kappa shape index (κ1) is 24.3. The molecule has 2 atom stereocenters. The van der Waals surface area contributed by atoms with Crippen LogP contribution in [-0.2, 0) is 14.5 Å². The quantitative estimate of drug-likeness (QED) is 0.304. The highest BCUT2D eigenvalue weighted by atomic mass is 32.2. The van der Waals surface area contributed by atoms with Crippen molar-refractivity contribution in [1.82, 2.24) is 20.9 Å². The number of ether oxygens (including phenoxy) is 1. The molecule has 1 spiro atoms. The van der Waals surface area contributed by atoms with Gasteiger partial charge in [-0.25, -0.2) is 15.2 Å². The van der Waals surface area contributed by atoms with Crippen molar-refractivity contribution in [2.24, 2.45) is 0 Å². The lowest BCUT2D eigenvalue weighted by molar-refractivity contribution is -0.139. The van der Waals surface area contributed by atoms with E-state index in [2.05, 4.69) is 16.2 Å². The number of thioether (sulfide) groups is 1. The molecule has 3 aliphatic heterocycles. The second kappa shape index (κ2) is 9.18. The van der Waals surface area contributed by atoms with Gasteiger partial charge in [-0.3, -0.25) is 15.0 Å². The van der Waals surface area contributed by atoms with Crippen molar-refractivity contribution in [3.63, 3.8) is 0 Å². The minimum atomic E-state index is -1.40. The number of amides is 4. The molecular formula is C29H23N5O5S. The van der Waals surface area contributed by atoms with E-state index in [4.69, 9.17) is 4.74 Å². The fraction of sp³-hybridized carbons (Fsp3) is 0.138. The number of phenols is 1. The Bertz CT molecular complexity index is 1700. The Morgan fingerprint density at radius 3 is 2.60 bits per heavy atom. The van der Waals surface area contributed by atoms with E-state index in [-0.39, 0.29) is 18.2 Å². The van der Waals surface area contributed by atoms with E-state index in [1.165, 1.54) is 0 Å². The van der Waals surface area contributed by atoms with Crippen LogP contribution in [0, 0.1) is 0 Å². The van der Waals surface area contributed by atoms with E-state index < -0.39 is 28.8 Å². The van der Waals surface area contributed by atoms with Gasteiger partial charge in [-0.1, -0.05) is 60.7 Å². The third-order valence-electron chi connectivity index (χ3n) is 7.36. The van der Waals surface area contributed by atoms with Crippen LogP contribution in [-0.4, -0.2) is 45.5 Å². The molecule has 10 nitrogen and oxygen atoms in total. The van der Waals surface area contributed by atoms with Crippen LogP contribution in [0.25, 0.3) is 10.8 Å². The van der Waals surface area contributed by atoms with Gasteiger partial charge in [0.2, 0.25) is 4.87 Å². The SMILES string of the molecule is O=C(NN1COc2ccc3ccccc3c2C1c1ccc(O)cc1)NN1C(=O)CSC12C(=O)Nc1ccccc12. The van der Waals surface area contributed by atoms with Gasteiger partial charge in [-0.05, 0) is 40.6 Å². The number of hydrogen-bond acceptors (Lipinski definition) is 7. The molecule has 0 radical (unpaired) electrons. The van der Waals surface area contributed by atoms with E-state index in [0.29, 0.717) is 17.0 Å². The van der Waals surface area contributed by atoms with Crippen LogP contribution in [0.5, 0.6) is 11.5 Å². The molecule has 3 heterocycles. The third-order valence-corrected chi connectivity index (χ3v) is 8.76. The zero-order chi connectivity index (χ0) is 27.4. The molecular weight excluding hydrogens is 530 g/mol. The first-order valence-corrected chi connectivity index (χ1v) is 13.6. The smallest absolute Gasteiger partial charge is 0.348 e. The van der Waals surface area contributed by atoms with Crippen molar-refractivity contribution in [2.45, 2.75) is 10.9 Å². The number of carbonyl (C=O) groups is 3. The van der Waals surface area contributed by atoms with E-state index in [0.717, 1.165) is 38.7 Å². The Labute approximate surface area is 232 Å². The number of urea groups is 1. The Morgan fingerprint density at radius 2 is 1.75 bits per heavy atom. The van der Waals surface area contributed by atoms with Gasteiger partial charge in [-0.2, -0.15) is 5.01 Å². The van der Waals surface area contributed by atoms with Crippen molar-refractivity contribution in [3.8, 4) is 11.5 Å². The monoisotopic (exact) mass is 553 g/mol. The standard InChI is InChI=1S/C29H23N5O5S/c35-19-12-9-18(10-13-19)26-25-20-6-2-1-5-17(20)11-14-23(25)39-16-33(26)31-28(38)32-34-24(36)15-40-29(34)21-7-3-4-8-22(21)30-27(29)37/h1-14,26,35H,15-16H2,(H,30,37)(H2,31,32,38). The number of phenolic OH excluding ortho intramolecular Hbond substituents is 1. The van der Waals surface area contributed by atoms with Crippen LogP contribution in [0.3, 0.4) is 0 Å². The van der Waals surface area contributed by atoms with E-state index in [1.54, 1.807) is 53.5 Å². The predicted octanol–water partition coefficient (Wildman–Crippen LogP) is 3.80. The number of aromatic hydroxyl groups is 1. The van der Waals surface area contributed by atoms with Crippen LogP contribution in [0.15, 0.2) is 84.9 Å². The normalized spacial score (nSPS) is 21.6. The van der Waals surface area contributed by atoms with Gasteiger partial charge in [0.05, 0.1) is 11.8 Å². The molecule has 1 fully saturated rings. The zero-order valence-electron chi connectivity index (χ0n) is 21.0.